The summed E-state index contributed by atoms with van der Waals surface area (Å²) in [6.07, 6.45) is 2.80. The van der Waals surface area contributed by atoms with Crippen LogP contribution in [0, 0.1) is 5.41 Å². The fourth-order valence-electron chi connectivity index (χ4n) is 3.88. The number of methoxy groups -OCH3 is 1. The number of nitrogens with one attached hydrogen (secondary N) is 2. The third kappa shape index (κ3) is 3.97. The highest BCUT2D eigenvalue weighted by Crippen LogP contribution is 2.29. The van der Waals surface area contributed by atoms with Crippen LogP contribution in [0.25, 0.3) is 0 Å². The van der Waals surface area contributed by atoms with E-state index in [0.29, 0.717) is 13.2 Å². The first-order chi connectivity index (χ1) is 11.7. The fraction of sp³-hybridized carbons (Fsp3) is 0.632. The van der Waals surface area contributed by atoms with E-state index in [-0.39, 0.29) is 11.3 Å². The molecule has 0 bridgehead atoms. The predicted octanol–water partition coefficient (Wildman–Crippen LogP) is 1.18. The summed E-state index contributed by atoms with van der Waals surface area (Å²) in [6.45, 7) is 5.96. The lowest BCUT2D eigenvalue weighted by molar-refractivity contribution is -0.136. The van der Waals surface area contributed by atoms with Crippen LogP contribution in [-0.4, -0.2) is 57.2 Å². The summed E-state index contributed by atoms with van der Waals surface area (Å²) in [4.78, 5) is 15.1. The summed E-state index contributed by atoms with van der Waals surface area (Å²) in [5, 5.41) is 6.49. The predicted molar refractivity (Wildman–Crippen MR) is 94.8 cm³/mol. The van der Waals surface area contributed by atoms with Gasteiger partial charge in [-0.3, -0.25) is 9.69 Å². The number of rotatable bonds is 6. The third-order valence-corrected chi connectivity index (χ3v) is 5.39. The van der Waals surface area contributed by atoms with E-state index in [2.05, 4.69) is 39.8 Å². The van der Waals surface area contributed by atoms with Gasteiger partial charge in [0.2, 0.25) is 5.91 Å². The minimum absolute atomic E-state index is 0.156. The number of carbonyl (C=O) groups excluding carboxylic acids is 1. The Kier molecular flexibility index (Phi) is 5.87. The molecular formula is C19H29N3O2. The van der Waals surface area contributed by atoms with Crippen LogP contribution in [0.4, 0.5) is 0 Å². The van der Waals surface area contributed by atoms with Crippen molar-refractivity contribution in [2.45, 2.75) is 25.8 Å². The highest BCUT2D eigenvalue weighted by molar-refractivity contribution is 5.83. The summed E-state index contributed by atoms with van der Waals surface area (Å²) >= 11 is 0. The molecular weight excluding hydrogens is 302 g/mol. The maximum Gasteiger partial charge on any atom is 0.228 e. The second-order valence-electron chi connectivity index (χ2n) is 7.01. The smallest absolute Gasteiger partial charge is 0.228 e. The number of hydrogen-bond donors (Lipinski definition) is 2. The first kappa shape index (κ1) is 17.4. The molecule has 0 aliphatic carbocycles. The summed E-state index contributed by atoms with van der Waals surface area (Å²) in [7, 11) is 1.68. The zero-order valence-electron chi connectivity index (χ0n) is 14.6. The van der Waals surface area contributed by atoms with Crippen molar-refractivity contribution in [1.82, 2.24) is 15.5 Å². The van der Waals surface area contributed by atoms with Crippen molar-refractivity contribution >= 4 is 5.91 Å². The molecule has 0 atom stereocenters. The van der Waals surface area contributed by atoms with Crippen molar-refractivity contribution in [3.8, 4) is 0 Å². The molecule has 132 valence electrons. The van der Waals surface area contributed by atoms with E-state index in [1.54, 1.807) is 7.11 Å². The van der Waals surface area contributed by atoms with Gasteiger partial charge >= 0.3 is 0 Å². The van der Waals surface area contributed by atoms with Crippen LogP contribution in [-0.2, 0) is 22.5 Å². The summed E-state index contributed by atoms with van der Waals surface area (Å²) in [6, 6.07) is 8.65. The van der Waals surface area contributed by atoms with Crippen LogP contribution in [0.3, 0.4) is 0 Å². The molecule has 1 saturated heterocycles. The van der Waals surface area contributed by atoms with Gasteiger partial charge in [-0.2, -0.15) is 0 Å². The van der Waals surface area contributed by atoms with Gasteiger partial charge in [-0.1, -0.05) is 24.3 Å². The summed E-state index contributed by atoms with van der Waals surface area (Å²) in [5.41, 5.74) is 2.53. The monoisotopic (exact) mass is 331 g/mol. The van der Waals surface area contributed by atoms with E-state index >= 15 is 0 Å². The summed E-state index contributed by atoms with van der Waals surface area (Å²) < 4.78 is 5.34. The molecule has 1 aromatic rings. The maximum absolute atomic E-state index is 12.7. The number of benzene rings is 1. The molecule has 3 rings (SSSR count). The van der Waals surface area contributed by atoms with E-state index in [4.69, 9.17) is 4.74 Å². The van der Waals surface area contributed by atoms with Crippen molar-refractivity contribution < 1.29 is 9.53 Å². The van der Waals surface area contributed by atoms with Crippen LogP contribution < -0.4 is 10.6 Å². The average Bonchev–Trinajstić information content (AvgIpc) is 2.62. The second kappa shape index (κ2) is 8.10. The third-order valence-electron chi connectivity index (χ3n) is 5.39. The molecule has 0 saturated carbocycles. The Morgan fingerprint density at radius 3 is 2.79 bits per heavy atom. The quantitative estimate of drug-likeness (QED) is 0.822. The van der Waals surface area contributed by atoms with Gasteiger partial charge in [-0.15, -0.1) is 0 Å². The van der Waals surface area contributed by atoms with E-state index in [1.165, 1.54) is 11.1 Å². The molecule has 1 amide bonds. The number of carbonyl (C=O) groups is 1. The van der Waals surface area contributed by atoms with E-state index in [0.717, 1.165) is 52.0 Å². The molecule has 24 heavy (non-hydrogen) atoms. The molecule has 0 radical (unpaired) electrons. The number of hydrogen-bond acceptors (Lipinski definition) is 4. The largest absolute Gasteiger partial charge is 0.384 e. The zero-order valence-corrected chi connectivity index (χ0v) is 14.6. The van der Waals surface area contributed by atoms with Gasteiger partial charge in [-0.25, -0.2) is 0 Å². The van der Waals surface area contributed by atoms with Gasteiger partial charge in [0.15, 0.2) is 0 Å². The molecule has 2 heterocycles. The molecule has 0 aromatic heterocycles. The normalized spacial score (nSPS) is 20.4. The zero-order chi connectivity index (χ0) is 16.8. The highest BCUT2D eigenvalue weighted by atomic mass is 16.5. The first-order valence-electron chi connectivity index (χ1n) is 9.01. The molecule has 5 nitrogen and oxygen atoms in total. The first-order valence-corrected chi connectivity index (χ1v) is 9.01. The number of fused-ring (bicyclic) bond motifs is 1. The van der Waals surface area contributed by atoms with Gasteiger partial charge < -0.3 is 15.4 Å². The van der Waals surface area contributed by atoms with E-state index in [1.807, 2.05) is 0 Å². The SMILES string of the molecule is COCC1(C(=O)NCCN2CCc3ccccc3C2)CCNCC1. The van der Waals surface area contributed by atoms with Gasteiger partial charge in [-0.05, 0) is 43.5 Å². The lowest BCUT2D eigenvalue weighted by atomic mass is 9.78. The molecule has 5 heteroatoms. The Balaban J connectivity index is 1.48. The molecule has 0 unspecified atom stereocenters. The van der Waals surface area contributed by atoms with Crippen LogP contribution in [0.15, 0.2) is 24.3 Å². The van der Waals surface area contributed by atoms with Crippen molar-refractivity contribution in [3.63, 3.8) is 0 Å². The number of ether oxygens (including phenoxy) is 1. The highest BCUT2D eigenvalue weighted by Gasteiger charge is 2.39. The average molecular weight is 331 g/mol. The minimum atomic E-state index is -0.353. The molecule has 1 fully saturated rings. The van der Waals surface area contributed by atoms with E-state index in [9.17, 15) is 4.79 Å². The van der Waals surface area contributed by atoms with Crippen molar-refractivity contribution in [2.24, 2.45) is 5.41 Å². The molecule has 2 aliphatic rings. The van der Waals surface area contributed by atoms with Crippen molar-refractivity contribution in [3.05, 3.63) is 35.4 Å². The van der Waals surface area contributed by atoms with Crippen LogP contribution in [0.2, 0.25) is 0 Å². The van der Waals surface area contributed by atoms with Gasteiger partial charge in [0.05, 0.1) is 12.0 Å². The van der Waals surface area contributed by atoms with Gasteiger partial charge in [0.25, 0.3) is 0 Å². The van der Waals surface area contributed by atoms with Crippen LogP contribution in [0.1, 0.15) is 24.0 Å². The van der Waals surface area contributed by atoms with Crippen LogP contribution >= 0.6 is 0 Å². The lowest BCUT2D eigenvalue weighted by Crippen LogP contribution is -2.51. The molecule has 0 spiro atoms. The summed E-state index contributed by atoms with van der Waals surface area (Å²) in [5.74, 6) is 0.156. The number of nitrogens with zero attached hydrogens (tertiary/aromatic N) is 1. The van der Waals surface area contributed by atoms with Gasteiger partial charge in [0.1, 0.15) is 0 Å². The standard InChI is InChI=1S/C19H29N3O2/c1-24-15-19(7-9-20-10-8-19)18(23)21-11-13-22-12-6-16-4-2-3-5-17(16)14-22/h2-5,20H,6-15H2,1H3,(H,21,23). The van der Waals surface area contributed by atoms with Crippen molar-refractivity contribution in [2.75, 3.05) is 46.4 Å². The number of amides is 1. The Labute approximate surface area is 144 Å². The Morgan fingerprint density at radius 2 is 2.04 bits per heavy atom. The topological polar surface area (TPSA) is 53.6 Å². The van der Waals surface area contributed by atoms with Crippen LogP contribution in [0.5, 0.6) is 0 Å². The minimum Gasteiger partial charge on any atom is -0.384 e. The Hall–Kier alpha value is -1.43. The lowest BCUT2D eigenvalue weighted by Gasteiger charge is -2.36. The Morgan fingerprint density at radius 1 is 1.29 bits per heavy atom. The molecule has 2 N–H and O–H groups in total. The molecule has 2 aliphatic heterocycles. The molecule has 1 aromatic carbocycles. The van der Waals surface area contributed by atoms with Gasteiger partial charge in [0, 0.05) is 33.3 Å². The number of piperidine rings is 1. The van der Waals surface area contributed by atoms with E-state index < -0.39 is 0 Å². The van der Waals surface area contributed by atoms with Crippen molar-refractivity contribution in [1.29, 1.82) is 0 Å². The maximum atomic E-state index is 12.7. The second-order valence-corrected chi connectivity index (χ2v) is 7.01. The fourth-order valence-corrected chi connectivity index (χ4v) is 3.88. The Bertz CT molecular complexity index is 550.